The molecular formula is C15H21F9O2. The third kappa shape index (κ3) is 5.67. The lowest BCUT2D eigenvalue weighted by Gasteiger charge is -2.34. The van der Waals surface area contributed by atoms with Gasteiger partial charge in [0.1, 0.15) is 0 Å². The van der Waals surface area contributed by atoms with E-state index in [9.17, 15) is 44.3 Å². The molecule has 26 heavy (non-hydrogen) atoms. The average molecular weight is 404 g/mol. The lowest BCUT2D eigenvalue weighted by molar-refractivity contribution is -0.397. The second-order valence-electron chi connectivity index (χ2n) is 6.26. The molecule has 2 atom stereocenters. The van der Waals surface area contributed by atoms with Crippen molar-refractivity contribution in [3.05, 3.63) is 0 Å². The van der Waals surface area contributed by atoms with Crippen LogP contribution < -0.4 is 0 Å². The Morgan fingerprint density at radius 3 is 1.81 bits per heavy atom. The first kappa shape index (κ1) is 24.8. The van der Waals surface area contributed by atoms with Crippen LogP contribution in [0.4, 0.5) is 39.5 Å². The molecule has 0 bridgehead atoms. The molecule has 0 aromatic heterocycles. The van der Waals surface area contributed by atoms with Crippen molar-refractivity contribution in [3.63, 3.8) is 0 Å². The summed E-state index contributed by atoms with van der Waals surface area (Å²) in [6.45, 7) is 4.42. The fourth-order valence-electron chi connectivity index (χ4n) is 1.81. The minimum Gasteiger partial charge on any atom is -0.465 e. The molecule has 0 radical (unpaired) electrons. The Hall–Kier alpha value is -1.16. The number of carbonyl (C=O) groups is 1. The molecule has 2 nitrogen and oxygen atoms in total. The number of esters is 1. The predicted octanol–water partition coefficient (Wildman–Crippen LogP) is 5.85. The van der Waals surface area contributed by atoms with Crippen molar-refractivity contribution in [2.24, 2.45) is 11.8 Å². The molecule has 0 saturated carbocycles. The van der Waals surface area contributed by atoms with Crippen molar-refractivity contribution in [1.29, 1.82) is 0 Å². The molecule has 0 rings (SSSR count). The van der Waals surface area contributed by atoms with E-state index in [0.29, 0.717) is 6.42 Å². The Morgan fingerprint density at radius 2 is 1.38 bits per heavy atom. The lowest BCUT2D eigenvalue weighted by Crippen LogP contribution is -2.60. The summed E-state index contributed by atoms with van der Waals surface area (Å²) in [7, 11) is 0. The van der Waals surface area contributed by atoms with Crippen molar-refractivity contribution >= 4 is 5.97 Å². The molecule has 0 aromatic rings. The van der Waals surface area contributed by atoms with Crippen LogP contribution in [-0.2, 0) is 9.53 Å². The number of hydrogen-bond donors (Lipinski definition) is 0. The van der Waals surface area contributed by atoms with E-state index in [1.807, 2.05) is 0 Å². The average Bonchev–Trinajstić information content (AvgIpc) is 2.50. The first-order chi connectivity index (χ1) is 11.5. The predicted molar refractivity (Wildman–Crippen MR) is 74.3 cm³/mol. The van der Waals surface area contributed by atoms with E-state index in [1.165, 1.54) is 6.92 Å². The van der Waals surface area contributed by atoms with E-state index in [4.69, 9.17) is 4.74 Å². The second kappa shape index (κ2) is 8.69. The van der Waals surface area contributed by atoms with Crippen LogP contribution in [-0.4, -0.2) is 36.5 Å². The third-order valence-electron chi connectivity index (χ3n) is 4.03. The largest absolute Gasteiger partial charge is 0.465 e. The summed E-state index contributed by atoms with van der Waals surface area (Å²) < 4.78 is 119. The fraction of sp³-hybridized carbons (Fsp3) is 0.933. The molecule has 156 valence electrons. The maximum absolute atomic E-state index is 13.4. The summed E-state index contributed by atoms with van der Waals surface area (Å²) in [6.07, 6.45) is -8.96. The molecule has 0 aromatic carbocycles. The van der Waals surface area contributed by atoms with Crippen LogP contribution in [0.1, 0.15) is 46.5 Å². The van der Waals surface area contributed by atoms with Crippen LogP contribution in [0.25, 0.3) is 0 Å². The van der Waals surface area contributed by atoms with Crippen LogP contribution in [0.15, 0.2) is 0 Å². The van der Waals surface area contributed by atoms with E-state index >= 15 is 0 Å². The standard InChI is InChI=1S/C15H21F9O2/c1-4-10(3)11(25)26-8-6-9(2)5-7-12(16,17)13(18,19)14(20,21)15(22,23)24/h9-10H,4-8H2,1-3H3. The van der Waals surface area contributed by atoms with Crippen molar-refractivity contribution in [1.82, 2.24) is 0 Å². The van der Waals surface area contributed by atoms with Crippen LogP contribution in [0, 0.1) is 11.8 Å². The lowest BCUT2D eigenvalue weighted by atomic mass is 9.94. The van der Waals surface area contributed by atoms with E-state index in [0.717, 1.165) is 0 Å². The fourth-order valence-corrected chi connectivity index (χ4v) is 1.81. The first-order valence-corrected chi connectivity index (χ1v) is 7.88. The second-order valence-corrected chi connectivity index (χ2v) is 6.26. The normalized spacial score (nSPS) is 16.3. The molecule has 0 spiro atoms. The van der Waals surface area contributed by atoms with Gasteiger partial charge in [0.05, 0.1) is 12.5 Å². The maximum Gasteiger partial charge on any atom is 0.460 e. The van der Waals surface area contributed by atoms with Crippen molar-refractivity contribution in [2.75, 3.05) is 6.61 Å². The van der Waals surface area contributed by atoms with Gasteiger partial charge in [-0.15, -0.1) is 0 Å². The van der Waals surface area contributed by atoms with Crippen molar-refractivity contribution in [3.8, 4) is 0 Å². The Labute approximate surface area is 145 Å². The molecule has 0 aliphatic heterocycles. The first-order valence-electron chi connectivity index (χ1n) is 7.88. The molecule has 0 N–H and O–H groups in total. The molecule has 0 aliphatic carbocycles. The number of alkyl halides is 9. The molecule has 11 heteroatoms. The van der Waals surface area contributed by atoms with Crippen molar-refractivity contribution < 1.29 is 49.0 Å². The molecule has 2 unspecified atom stereocenters. The highest BCUT2D eigenvalue weighted by atomic mass is 19.4. The van der Waals surface area contributed by atoms with E-state index in [1.54, 1.807) is 13.8 Å². The summed E-state index contributed by atoms with van der Waals surface area (Å²) in [5, 5.41) is 0. The van der Waals surface area contributed by atoms with E-state index < -0.39 is 54.6 Å². The van der Waals surface area contributed by atoms with Crippen LogP contribution in [0.3, 0.4) is 0 Å². The quantitative estimate of drug-likeness (QED) is 0.337. The highest BCUT2D eigenvalue weighted by Crippen LogP contribution is 2.54. The minimum atomic E-state index is -6.86. The molecule has 0 saturated heterocycles. The monoisotopic (exact) mass is 404 g/mol. The van der Waals surface area contributed by atoms with E-state index in [-0.39, 0.29) is 13.0 Å². The van der Waals surface area contributed by atoms with Gasteiger partial charge < -0.3 is 4.74 Å². The highest BCUT2D eigenvalue weighted by Gasteiger charge is 2.81. The number of hydrogen-bond acceptors (Lipinski definition) is 2. The van der Waals surface area contributed by atoms with Gasteiger partial charge >= 0.3 is 29.9 Å². The van der Waals surface area contributed by atoms with E-state index in [2.05, 4.69) is 0 Å². The number of halogens is 9. The molecule has 0 fully saturated rings. The molecule has 0 heterocycles. The zero-order chi connectivity index (χ0) is 21.0. The third-order valence-corrected chi connectivity index (χ3v) is 4.03. The van der Waals surface area contributed by atoms with Crippen molar-refractivity contribution in [2.45, 2.75) is 70.4 Å². The summed E-state index contributed by atoms with van der Waals surface area (Å²) in [4.78, 5) is 11.4. The number of carbonyl (C=O) groups excluding carboxylic acids is 1. The summed E-state index contributed by atoms with van der Waals surface area (Å²) >= 11 is 0. The van der Waals surface area contributed by atoms with Crippen LogP contribution >= 0.6 is 0 Å². The van der Waals surface area contributed by atoms with Gasteiger partial charge in [-0.25, -0.2) is 0 Å². The maximum atomic E-state index is 13.4. The summed E-state index contributed by atoms with van der Waals surface area (Å²) in [5.74, 6) is -20.7. The van der Waals surface area contributed by atoms with Crippen LogP contribution in [0.2, 0.25) is 0 Å². The molecular weight excluding hydrogens is 383 g/mol. The van der Waals surface area contributed by atoms with Gasteiger partial charge in [0.15, 0.2) is 0 Å². The van der Waals surface area contributed by atoms with Gasteiger partial charge in [0.2, 0.25) is 0 Å². The topological polar surface area (TPSA) is 26.3 Å². The van der Waals surface area contributed by atoms with Gasteiger partial charge in [-0.3, -0.25) is 4.79 Å². The minimum absolute atomic E-state index is 0.0283. The van der Waals surface area contributed by atoms with Crippen LogP contribution in [0.5, 0.6) is 0 Å². The number of rotatable bonds is 10. The Balaban J connectivity index is 4.70. The zero-order valence-electron chi connectivity index (χ0n) is 14.4. The Kier molecular flexibility index (Phi) is 8.30. The number of ether oxygens (including phenoxy) is 1. The smallest absolute Gasteiger partial charge is 0.460 e. The SMILES string of the molecule is CCC(C)C(=O)OCCC(C)CCC(F)(F)C(F)(F)C(F)(F)C(F)(F)F. The van der Waals surface area contributed by atoms with Gasteiger partial charge in [0, 0.05) is 6.42 Å². The van der Waals surface area contributed by atoms with Gasteiger partial charge in [0.25, 0.3) is 0 Å². The molecule has 0 amide bonds. The summed E-state index contributed by atoms with van der Waals surface area (Å²) in [5.41, 5.74) is 0. The zero-order valence-corrected chi connectivity index (χ0v) is 14.4. The summed E-state index contributed by atoms with van der Waals surface area (Å²) in [6, 6.07) is 0. The molecule has 0 aliphatic rings. The Morgan fingerprint density at radius 1 is 0.885 bits per heavy atom. The highest BCUT2D eigenvalue weighted by molar-refractivity contribution is 5.71. The Bertz CT molecular complexity index is 461. The van der Waals surface area contributed by atoms with Gasteiger partial charge in [-0.2, -0.15) is 39.5 Å². The van der Waals surface area contributed by atoms with Gasteiger partial charge in [-0.05, 0) is 25.2 Å². The van der Waals surface area contributed by atoms with Gasteiger partial charge in [-0.1, -0.05) is 20.8 Å².